The van der Waals surface area contributed by atoms with Crippen LogP contribution in [-0.2, 0) is 4.74 Å². The van der Waals surface area contributed by atoms with Crippen LogP contribution in [0.15, 0.2) is 6.20 Å². The monoisotopic (exact) mass is 242 g/mol. The molecule has 92 valence electrons. The highest BCUT2D eigenvalue weighted by molar-refractivity contribution is 7.11. The third-order valence-corrected chi connectivity index (χ3v) is 3.87. The fourth-order valence-electron chi connectivity index (χ4n) is 1.55. The Morgan fingerprint density at radius 1 is 1.50 bits per heavy atom. The Labute approximate surface area is 102 Å². The molecule has 0 aliphatic heterocycles. The van der Waals surface area contributed by atoms with Gasteiger partial charge in [-0.05, 0) is 26.3 Å². The van der Waals surface area contributed by atoms with Crippen molar-refractivity contribution in [2.45, 2.75) is 45.8 Å². The first kappa shape index (κ1) is 13.6. The standard InChI is InChI=1S/C12H22N2OS/c1-5-7-13-9(3)11-8-14-12(16-11)10(6-2)15-4/h8-10,13H,5-7H2,1-4H3. The highest BCUT2D eigenvalue weighted by Crippen LogP contribution is 2.28. The molecule has 1 aromatic heterocycles. The van der Waals surface area contributed by atoms with Gasteiger partial charge < -0.3 is 10.1 Å². The average molecular weight is 242 g/mol. The molecular formula is C12H22N2OS. The highest BCUT2D eigenvalue weighted by atomic mass is 32.1. The molecule has 4 heteroatoms. The van der Waals surface area contributed by atoms with E-state index in [1.54, 1.807) is 18.4 Å². The lowest BCUT2D eigenvalue weighted by atomic mass is 10.3. The van der Waals surface area contributed by atoms with Gasteiger partial charge in [0.1, 0.15) is 11.1 Å². The van der Waals surface area contributed by atoms with Crippen LogP contribution in [0.5, 0.6) is 0 Å². The third-order valence-electron chi connectivity index (χ3n) is 2.60. The van der Waals surface area contributed by atoms with Crippen LogP contribution >= 0.6 is 11.3 Å². The average Bonchev–Trinajstić information content (AvgIpc) is 2.77. The van der Waals surface area contributed by atoms with Crippen molar-refractivity contribution in [1.29, 1.82) is 0 Å². The zero-order valence-corrected chi connectivity index (χ0v) is 11.4. The Morgan fingerprint density at radius 2 is 2.25 bits per heavy atom. The van der Waals surface area contributed by atoms with Gasteiger partial charge in [0.2, 0.25) is 0 Å². The van der Waals surface area contributed by atoms with Gasteiger partial charge in [-0.3, -0.25) is 0 Å². The smallest absolute Gasteiger partial charge is 0.122 e. The van der Waals surface area contributed by atoms with Crippen molar-refractivity contribution in [3.63, 3.8) is 0 Å². The lowest BCUT2D eigenvalue weighted by Crippen LogP contribution is -2.18. The zero-order valence-electron chi connectivity index (χ0n) is 10.6. The van der Waals surface area contributed by atoms with Crippen LogP contribution in [0.4, 0.5) is 0 Å². The third kappa shape index (κ3) is 3.54. The number of methoxy groups -OCH3 is 1. The van der Waals surface area contributed by atoms with E-state index in [1.165, 1.54) is 4.88 Å². The van der Waals surface area contributed by atoms with Crippen LogP contribution in [0.1, 0.15) is 55.6 Å². The molecule has 1 aromatic rings. The lowest BCUT2D eigenvalue weighted by molar-refractivity contribution is 0.0998. The first-order chi connectivity index (χ1) is 7.72. The van der Waals surface area contributed by atoms with E-state index in [0.717, 1.165) is 24.4 Å². The van der Waals surface area contributed by atoms with E-state index in [9.17, 15) is 0 Å². The summed E-state index contributed by atoms with van der Waals surface area (Å²) in [6, 6.07) is 0.389. The molecule has 0 aromatic carbocycles. The molecule has 0 saturated carbocycles. The molecule has 2 atom stereocenters. The fourth-order valence-corrected chi connectivity index (χ4v) is 2.66. The van der Waals surface area contributed by atoms with Crippen molar-refractivity contribution < 1.29 is 4.74 Å². The van der Waals surface area contributed by atoms with Crippen molar-refractivity contribution in [2.24, 2.45) is 0 Å². The van der Waals surface area contributed by atoms with Gasteiger partial charge in [-0.1, -0.05) is 13.8 Å². The summed E-state index contributed by atoms with van der Waals surface area (Å²) in [5, 5.41) is 4.55. The SMILES string of the molecule is CCCNC(C)c1cnc(C(CC)OC)s1. The molecule has 0 amide bonds. The molecule has 2 unspecified atom stereocenters. The molecule has 3 nitrogen and oxygen atoms in total. The normalized spacial score (nSPS) is 15.0. The Bertz CT molecular complexity index is 297. The van der Waals surface area contributed by atoms with Gasteiger partial charge in [0, 0.05) is 24.2 Å². The molecule has 1 rings (SSSR count). The number of nitrogens with one attached hydrogen (secondary N) is 1. The summed E-state index contributed by atoms with van der Waals surface area (Å²) in [6.45, 7) is 7.53. The Morgan fingerprint density at radius 3 is 2.81 bits per heavy atom. The minimum absolute atomic E-state index is 0.150. The predicted octanol–water partition coefficient (Wildman–Crippen LogP) is 3.30. The molecule has 0 aliphatic rings. The number of hydrogen-bond donors (Lipinski definition) is 1. The van der Waals surface area contributed by atoms with Gasteiger partial charge in [-0.15, -0.1) is 11.3 Å². The van der Waals surface area contributed by atoms with Crippen LogP contribution < -0.4 is 5.32 Å². The Kier molecular flexibility index (Phi) is 5.95. The maximum Gasteiger partial charge on any atom is 0.122 e. The summed E-state index contributed by atoms with van der Waals surface area (Å²) >= 11 is 1.75. The number of thiazole rings is 1. The molecule has 0 fully saturated rings. The van der Waals surface area contributed by atoms with E-state index in [0.29, 0.717) is 6.04 Å². The summed E-state index contributed by atoms with van der Waals surface area (Å²) in [7, 11) is 1.74. The van der Waals surface area contributed by atoms with E-state index < -0.39 is 0 Å². The molecule has 0 bridgehead atoms. The quantitative estimate of drug-likeness (QED) is 0.796. The predicted molar refractivity (Wildman–Crippen MR) is 68.9 cm³/mol. The summed E-state index contributed by atoms with van der Waals surface area (Å²) in [4.78, 5) is 5.73. The fraction of sp³-hybridized carbons (Fsp3) is 0.750. The summed E-state index contributed by atoms with van der Waals surface area (Å²) in [5.41, 5.74) is 0. The summed E-state index contributed by atoms with van der Waals surface area (Å²) < 4.78 is 5.39. The first-order valence-corrected chi connectivity index (χ1v) is 6.76. The Hall–Kier alpha value is -0.450. The van der Waals surface area contributed by atoms with E-state index in [4.69, 9.17) is 4.74 Å². The van der Waals surface area contributed by atoms with Crippen molar-refractivity contribution in [3.8, 4) is 0 Å². The van der Waals surface area contributed by atoms with E-state index in [1.807, 2.05) is 6.20 Å². The number of ether oxygens (including phenoxy) is 1. The van der Waals surface area contributed by atoms with Crippen molar-refractivity contribution in [2.75, 3.05) is 13.7 Å². The van der Waals surface area contributed by atoms with Gasteiger partial charge in [0.15, 0.2) is 0 Å². The number of hydrogen-bond acceptors (Lipinski definition) is 4. The van der Waals surface area contributed by atoms with Gasteiger partial charge in [-0.2, -0.15) is 0 Å². The van der Waals surface area contributed by atoms with Gasteiger partial charge >= 0.3 is 0 Å². The molecule has 0 spiro atoms. The minimum Gasteiger partial charge on any atom is -0.374 e. The molecule has 0 radical (unpaired) electrons. The number of aromatic nitrogens is 1. The molecule has 0 saturated heterocycles. The van der Waals surface area contributed by atoms with Crippen LogP contribution in [0, 0.1) is 0 Å². The van der Waals surface area contributed by atoms with E-state index >= 15 is 0 Å². The van der Waals surface area contributed by atoms with Gasteiger partial charge in [0.05, 0.1) is 0 Å². The van der Waals surface area contributed by atoms with E-state index in [-0.39, 0.29) is 6.10 Å². The topological polar surface area (TPSA) is 34.2 Å². The molecule has 0 aliphatic carbocycles. The van der Waals surface area contributed by atoms with Gasteiger partial charge in [0.25, 0.3) is 0 Å². The maximum absolute atomic E-state index is 5.39. The maximum atomic E-state index is 5.39. The largest absolute Gasteiger partial charge is 0.374 e. The van der Waals surface area contributed by atoms with Crippen molar-refractivity contribution in [1.82, 2.24) is 10.3 Å². The van der Waals surface area contributed by atoms with Crippen LogP contribution in [0.3, 0.4) is 0 Å². The highest BCUT2D eigenvalue weighted by Gasteiger charge is 2.15. The molecule has 1 heterocycles. The second-order valence-corrected chi connectivity index (χ2v) is 5.00. The summed E-state index contributed by atoms with van der Waals surface area (Å²) in [6.07, 6.45) is 4.25. The van der Waals surface area contributed by atoms with Crippen molar-refractivity contribution >= 4 is 11.3 Å². The second kappa shape index (κ2) is 6.99. The summed E-state index contributed by atoms with van der Waals surface area (Å²) in [5.74, 6) is 0. The van der Waals surface area contributed by atoms with Crippen molar-refractivity contribution in [3.05, 3.63) is 16.1 Å². The molecule has 16 heavy (non-hydrogen) atoms. The van der Waals surface area contributed by atoms with E-state index in [2.05, 4.69) is 31.1 Å². The number of rotatable bonds is 7. The van der Waals surface area contributed by atoms with Crippen LogP contribution in [-0.4, -0.2) is 18.6 Å². The van der Waals surface area contributed by atoms with Crippen LogP contribution in [0.2, 0.25) is 0 Å². The number of nitrogens with zero attached hydrogens (tertiary/aromatic N) is 1. The first-order valence-electron chi connectivity index (χ1n) is 5.94. The minimum atomic E-state index is 0.150. The zero-order chi connectivity index (χ0) is 12.0. The molecule has 1 N–H and O–H groups in total. The molecular weight excluding hydrogens is 220 g/mol. The van der Waals surface area contributed by atoms with Gasteiger partial charge in [-0.25, -0.2) is 4.98 Å². The second-order valence-electron chi connectivity index (χ2n) is 3.91. The van der Waals surface area contributed by atoms with Crippen LogP contribution in [0.25, 0.3) is 0 Å². The lowest BCUT2D eigenvalue weighted by Gasteiger charge is -2.11. The Balaban J connectivity index is 2.62.